The minimum atomic E-state index is -0.101. The molecule has 0 aliphatic carbocycles. The fraction of sp³-hybridized carbons (Fsp3) is 0.333. The first kappa shape index (κ1) is 14.1. The van der Waals surface area contributed by atoms with E-state index >= 15 is 0 Å². The van der Waals surface area contributed by atoms with Gasteiger partial charge in [-0.25, -0.2) is 0 Å². The number of halogens is 1. The molecule has 1 aliphatic rings. The summed E-state index contributed by atoms with van der Waals surface area (Å²) in [4.78, 5) is 12.0. The van der Waals surface area contributed by atoms with Gasteiger partial charge in [0.1, 0.15) is 0 Å². The van der Waals surface area contributed by atoms with Gasteiger partial charge in [-0.1, -0.05) is 11.6 Å². The summed E-state index contributed by atoms with van der Waals surface area (Å²) in [5, 5.41) is 7.86. The largest absolute Gasteiger partial charge is 0.376 e. The highest BCUT2D eigenvalue weighted by Gasteiger charge is 2.15. The van der Waals surface area contributed by atoms with Gasteiger partial charge in [0.05, 0.1) is 26.0 Å². The molecule has 0 radical (unpaired) electrons. The second-order valence-electron chi connectivity index (χ2n) is 4.91. The van der Waals surface area contributed by atoms with E-state index in [0.717, 1.165) is 18.6 Å². The Hall–Kier alpha value is -1.85. The van der Waals surface area contributed by atoms with Gasteiger partial charge >= 0.3 is 0 Å². The van der Waals surface area contributed by atoms with Gasteiger partial charge in [0.25, 0.3) is 5.91 Å². The predicted octanol–water partition coefficient (Wildman–Crippen LogP) is 2.04. The van der Waals surface area contributed by atoms with Crippen molar-refractivity contribution in [2.75, 3.05) is 13.2 Å². The lowest BCUT2D eigenvalue weighted by Gasteiger charge is -2.14. The molecule has 0 fully saturated rings. The Morgan fingerprint density at radius 1 is 1.38 bits per heavy atom. The van der Waals surface area contributed by atoms with Crippen LogP contribution < -0.4 is 5.32 Å². The molecule has 6 heteroatoms. The molecule has 1 aliphatic heterocycles. The third kappa shape index (κ3) is 3.25. The zero-order chi connectivity index (χ0) is 14.7. The fourth-order valence-electron chi connectivity index (χ4n) is 2.38. The summed E-state index contributed by atoms with van der Waals surface area (Å²) in [6, 6.07) is 6.84. The maximum Gasteiger partial charge on any atom is 0.251 e. The lowest BCUT2D eigenvalue weighted by atomic mass is 10.2. The van der Waals surface area contributed by atoms with Crippen LogP contribution in [0, 0.1) is 0 Å². The molecule has 1 N–H and O–H groups in total. The van der Waals surface area contributed by atoms with Crippen LogP contribution in [-0.2, 0) is 24.3 Å². The summed E-state index contributed by atoms with van der Waals surface area (Å²) in [5.74, 6) is -0.101. The van der Waals surface area contributed by atoms with Crippen molar-refractivity contribution in [2.45, 2.75) is 19.6 Å². The summed E-state index contributed by atoms with van der Waals surface area (Å²) in [5.41, 5.74) is 2.96. The first-order valence-corrected chi connectivity index (χ1v) is 7.27. The molecule has 0 saturated heterocycles. The second kappa shape index (κ2) is 6.28. The number of hydrogen-bond donors (Lipinski definition) is 1. The summed E-state index contributed by atoms with van der Waals surface area (Å²) in [7, 11) is 0. The average Bonchev–Trinajstić information content (AvgIpc) is 2.91. The zero-order valence-electron chi connectivity index (χ0n) is 11.5. The van der Waals surface area contributed by atoms with Crippen LogP contribution in [0.3, 0.4) is 0 Å². The van der Waals surface area contributed by atoms with E-state index in [1.54, 1.807) is 24.3 Å². The van der Waals surface area contributed by atoms with E-state index in [2.05, 4.69) is 10.4 Å². The molecule has 0 spiro atoms. The molecule has 2 aromatic rings. The molecule has 3 rings (SSSR count). The summed E-state index contributed by atoms with van der Waals surface area (Å²) < 4.78 is 7.33. The lowest BCUT2D eigenvalue weighted by Crippen LogP contribution is -2.28. The highest BCUT2D eigenvalue weighted by Crippen LogP contribution is 2.15. The monoisotopic (exact) mass is 305 g/mol. The van der Waals surface area contributed by atoms with Crippen molar-refractivity contribution in [3.8, 4) is 0 Å². The quantitative estimate of drug-likeness (QED) is 0.940. The number of rotatable bonds is 4. The Balaban J connectivity index is 1.55. The van der Waals surface area contributed by atoms with Crippen molar-refractivity contribution in [3.05, 3.63) is 52.3 Å². The molecule has 5 nitrogen and oxygen atoms in total. The van der Waals surface area contributed by atoms with E-state index in [0.29, 0.717) is 30.3 Å². The molecule has 110 valence electrons. The number of nitrogens with one attached hydrogen (secondary N) is 1. The molecule has 1 amide bonds. The van der Waals surface area contributed by atoms with E-state index in [1.807, 2.05) is 10.9 Å². The van der Waals surface area contributed by atoms with Gasteiger partial charge in [0.15, 0.2) is 0 Å². The van der Waals surface area contributed by atoms with Crippen LogP contribution in [0.15, 0.2) is 30.5 Å². The number of aromatic nitrogens is 2. The van der Waals surface area contributed by atoms with E-state index in [4.69, 9.17) is 16.3 Å². The highest BCUT2D eigenvalue weighted by atomic mass is 35.5. The summed E-state index contributed by atoms with van der Waals surface area (Å²) in [6.07, 6.45) is 2.72. The van der Waals surface area contributed by atoms with Crippen LogP contribution in [0.1, 0.15) is 21.6 Å². The lowest BCUT2D eigenvalue weighted by molar-refractivity contribution is 0.0950. The molecule has 1 aromatic heterocycles. The van der Waals surface area contributed by atoms with Crippen LogP contribution in [0.5, 0.6) is 0 Å². The van der Waals surface area contributed by atoms with Crippen LogP contribution >= 0.6 is 11.6 Å². The molecule has 0 unspecified atom stereocenters. The molecule has 0 atom stereocenters. The van der Waals surface area contributed by atoms with E-state index < -0.39 is 0 Å². The Kier molecular flexibility index (Phi) is 4.22. The van der Waals surface area contributed by atoms with E-state index in [9.17, 15) is 4.79 Å². The second-order valence-corrected chi connectivity index (χ2v) is 5.34. The Morgan fingerprint density at radius 3 is 3.00 bits per heavy atom. The standard InChI is InChI=1S/C15H16ClN3O2/c16-13-3-1-11(2-4-13)15(20)17-6-7-19-14-5-8-21-10-12(14)9-18-19/h1-4,9H,5-8,10H2,(H,17,20). The number of nitrogens with zero attached hydrogens (tertiary/aromatic N) is 2. The summed E-state index contributed by atoms with van der Waals surface area (Å²) in [6.45, 7) is 2.56. The van der Waals surface area contributed by atoms with Crippen LogP contribution in [-0.4, -0.2) is 28.8 Å². The predicted molar refractivity (Wildman–Crippen MR) is 79.4 cm³/mol. The Morgan fingerprint density at radius 2 is 2.19 bits per heavy atom. The van der Waals surface area contributed by atoms with Crippen molar-refractivity contribution >= 4 is 17.5 Å². The number of carbonyl (C=O) groups excluding carboxylic acids is 1. The van der Waals surface area contributed by atoms with Gasteiger partial charge in [-0.05, 0) is 24.3 Å². The van der Waals surface area contributed by atoms with Crippen LogP contribution in [0.4, 0.5) is 0 Å². The minimum absolute atomic E-state index is 0.101. The Bertz CT molecular complexity index is 637. The van der Waals surface area contributed by atoms with Crippen molar-refractivity contribution in [1.29, 1.82) is 0 Å². The van der Waals surface area contributed by atoms with Gasteiger partial charge in [-0.15, -0.1) is 0 Å². The number of hydrogen-bond acceptors (Lipinski definition) is 3. The molecule has 21 heavy (non-hydrogen) atoms. The van der Waals surface area contributed by atoms with Crippen molar-refractivity contribution in [2.24, 2.45) is 0 Å². The van der Waals surface area contributed by atoms with Gasteiger partial charge in [-0.3, -0.25) is 9.48 Å². The SMILES string of the molecule is O=C(NCCn1ncc2c1CCOC2)c1ccc(Cl)cc1. The normalized spacial score (nSPS) is 13.8. The third-order valence-electron chi connectivity index (χ3n) is 3.49. The van der Waals surface area contributed by atoms with Crippen LogP contribution in [0.25, 0.3) is 0 Å². The van der Waals surface area contributed by atoms with Crippen LogP contribution in [0.2, 0.25) is 5.02 Å². The number of carbonyl (C=O) groups is 1. The van der Waals surface area contributed by atoms with Gasteiger partial charge in [0.2, 0.25) is 0 Å². The van der Waals surface area contributed by atoms with E-state index in [1.165, 1.54) is 5.69 Å². The Labute approximate surface area is 127 Å². The van der Waals surface area contributed by atoms with Gasteiger partial charge < -0.3 is 10.1 Å². The van der Waals surface area contributed by atoms with Crippen molar-refractivity contribution in [3.63, 3.8) is 0 Å². The molecular formula is C15H16ClN3O2. The highest BCUT2D eigenvalue weighted by molar-refractivity contribution is 6.30. The minimum Gasteiger partial charge on any atom is -0.376 e. The maximum atomic E-state index is 12.0. The zero-order valence-corrected chi connectivity index (χ0v) is 12.3. The van der Waals surface area contributed by atoms with E-state index in [-0.39, 0.29) is 5.91 Å². The number of amides is 1. The smallest absolute Gasteiger partial charge is 0.251 e. The van der Waals surface area contributed by atoms with Crippen molar-refractivity contribution < 1.29 is 9.53 Å². The van der Waals surface area contributed by atoms with Gasteiger partial charge in [0, 0.05) is 34.8 Å². The van der Waals surface area contributed by atoms with Crippen molar-refractivity contribution in [1.82, 2.24) is 15.1 Å². The maximum absolute atomic E-state index is 12.0. The average molecular weight is 306 g/mol. The molecule has 2 heterocycles. The third-order valence-corrected chi connectivity index (χ3v) is 3.74. The van der Waals surface area contributed by atoms with Gasteiger partial charge in [-0.2, -0.15) is 5.10 Å². The fourth-order valence-corrected chi connectivity index (χ4v) is 2.51. The number of ether oxygens (including phenoxy) is 1. The molecule has 0 bridgehead atoms. The number of benzene rings is 1. The molecular weight excluding hydrogens is 290 g/mol. The topological polar surface area (TPSA) is 56.2 Å². The first-order chi connectivity index (χ1) is 10.2. The number of fused-ring (bicyclic) bond motifs is 1. The first-order valence-electron chi connectivity index (χ1n) is 6.89. The molecule has 1 aromatic carbocycles. The molecule has 0 saturated carbocycles. The summed E-state index contributed by atoms with van der Waals surface area (Å²) >= 11 is 5.80.